The lowest BCUT2D eigenvalue weighted by Crippen LogP contribution is -2.31. The third-order valence-corrected chi connectivity index (χ3v) is 5.81. The molecule has 0 unspecified atom stereocenters. The molecular weight excluding hydrogens is 496 g/mol. The van der Waals surface area contributed by atoms with Crippen molar-refractivity contribution in [1.82, 2.24) is 20.6 Å². The van der Waals surface area contributed by atoms with Crippen LogP contribution in [0.4, 0.5) is 17.6 Å². The fourth-order valence-corrected chi connectivity index (χ4v) is 3.95. The number of hydrogen-bond acceptors (Lipinski definition) is 5. The first kappa shape index (κ1) is 27.4. The van der Waals surface area contributed by atoms with E-state index in [0.717, 1.165) is 5.56 Å². The number of aryl methyl sites for hydroxylation is 1. The first-order valence-corrected chi connectivity index (χ1v) is 11.6. The summed E-state index contributed by atoms with van der Waals surface area (Å²) in [5.74, 6) is -0.268. The Morgan fingerprint density at radius 2 is 1.78 bits per heavy atom. The molecule has 0 spiro atoms. The van der Waals surface area contributed by atoms with Crippen molar-refractivity contribution < 1.29 is 22.3 Å². The van der Waals surface area contributed by atoms with Gasteiger partial charge in [0.05, 0.1) is 24.1 Å². The van der Waals surface area contributed by atoms with E-state index in [1.54, 1.807) is 19.3 Å². The molecule has 2 N–H and O–H groups in total. The zero-order valence-electron chi connectivity index (χ0n) is 19.6. The lowest BCUT2D eigenvalue weighted by molar-refractivity contribution is -0.0508. The molecule has 0 amide bonds. The van der Waals surface area contributed by atoms with E-state index in [9.17, 15) is 17.6 Å². The summed E-state index contributed by atoms with van der Waals surface area (Å²) in [6, 6.07) is 13.3. The van der Waals surface area contributed by atoms with Crippen molar-refractivity contribution in [2.75, 3.05) is 7.05 Å². The molecule has 2 aromatic carbocycles. The quantitative estimate of drug-likeness (QED) is 0.259. The Morgan fingerprint density at radius 1 is 1.03 bits per heavy atom. The molecule has 0 fully saturated rings. The maximum atomic E-state index is 13.3. The Kier molecular flexibility index (Phi) is 10.1. The van der Waals surface area contributed by atoms with Crippen LogP contribution in [0, 0.1) is 0 Å². The van der Waals surface area contributed by atoms with E-state index >= 15 is 0 Å². The van der Waals surface area contributed by atoms with Crippen LogP contribution >= 0.6 is 11.6 Å². The fraction of sp³-hybridized carbons (Fsp3) is 0.308. The van der Waals surface area contributed by atoms with Crippen LogP contribution in [0.15, 0.2) is 73.2 Å². The summed E-state index contributed by atoms with van der Waals surface area (Å²) in [7, 11) is 1.76. The number of likely N-dealkylation sites (N-methyl/N-ethyl adjacent to an activating group) is 1. The number of rotatable bonds is 13. The summed E-state index contributed by atoms with van der Waals surface area (Å²) in [5, 5.41) is 6.89. The van der Waals surface area contributed by atoms with Crippen molar-refractivity contribution >= 4 is 11.6 Å². The number of nitrogens with zero attached hydrogens (tertiary/aromatic N) is 2. The molecule has 36 heavy (non-hydrogen) atoms. The third-order valence-electron chi connectivity index (χ3n) is 5.61. The molecule has 0 aliphatic rings. The topological polar surface area (TPSA) is 59.1 Å². The lowest BCUT2D eigenvalue weighted by atomic mass is 9.95. The van der Waals surface area contributed by atoms with Crippen LogP contribution in [0.5, 0.6) is 5.75 Å². The maximum absolute atomic E-state index is 13.3. The lowest BCUT2D eigenvalue weighted by Gasteiger charge is -2.29. The SMILES string of the molecule is C=C(NC)[C@H](N[C@@H](CCc1cnc(Cl)cn1)c1ccc(OC(F)F)c(CC(F)F)c1)c1ccccc1. The zero-order chi connectivity index (χ0) is 26.1. The predicted molar refractivity (Wildman–Crippen MR) is 131 cm³/mol. The molecule has 3 rings (SSSR count). The van der Waals surface area contributed by atoms with Crippen LogP contribution in [-0.4, -0.2) is 30.1 Å². The average molecular weight is 523 g/mol. The fourth-order valence-electron chi connectivity index (χ4n) is 3.85. The summed E-state index contributed by atoms with van der Waals surface area (Å²) >= 11 is 5.84. The summed E-state index contributed by atoms with van der Waals surface area (Å²) in [6.07, 6.45) is 0.581. The van der Waals surface area contributed by atoms with Crippen molar-refractivity contribution in [1.29, 1.82) is 0 Å². The molecule has 5 nitrogen and oxygen atoms in total. The molecular formula is C26H27ClF4N4O. The summed E-state index contributed by atoms with van der Waals surface area (Å²) in [5.41, 5.74) is 2.98. The van der Waals surface area contributed by atoms with Crippen LogP contribution < -0.4 is 15.4 Å². The molecule has 0 saturated carbocycles. The first-order valence-electron chi connectivity index (χ1n) is 11.3. The average Bonchev–Trinajstić information content (AvgIpc) is 2.86. The number of nitrogens with one attached hydrogen (secondary N) is 2. The number of alkyl halides is 4. The molecule has 3 aromatic rings. The van der Waals surface area contributed by atoms with Crippen LogP contribution in [-0.2, 0) is 12.8 Å². The van der Waals surface area contributed by atoms with E-state index in [1.807, 2.05) is 30.3 Å². The highest BCUT2D eigenvalue weighted by molar-refractivity contribution is 6.29. The van der Waals surface area contributed by atoms with Crippen molar-refractivity contribution in [3.8, 4) is 5.75 Å². The third kappa shape index (κ3) is 7.93. The standard InChI is InChI=1S/C26H27ClF4N4O/c1-16(32-2)25(17-6-4-3-5-7-17)35-21(10-9-20-14-34-23(27)15-33-20)18-8-11-22(36-26(30)31)19(12-18)13-24(28)29/h3-8,11-12,14-15,21,24-26,32,35H,1,9-10,13H2,2H3/t21-,25-/m0/s1. The number of benzene rings is 2. The molecule has 192 valence electrons. The number of ether oxygens (including phenoxy) is 1. The van der Waals surface area contributed by atoms with Gasteiger partial charge in [-0.1, -0.05) is 60.6 Å². The molecule has 0 aliphatic carbocycles. The minimum Gasteiger partial charge on any atom is -0.435 e. The zero-order valence-corrected chi connectivity index (χ0v) is 20.4. The Balaban J connectivity index is 1.97. The van der Waals surface area contributed by atoms with E-state index in [0.29, 0.717) is 29.8 Å². The monoisotopic (exact) mass is 522 g/mol. The molecule has 1 heterocycles. The van der Waals surface area contributed by atoms with Crippen LogP contribution in [0.3, 0.4) is 0 Å². The first-order chi connectivity index (χ1) is 17.3. The van der Waals surface area contributed by atoms with Gasteiger partial charge >= 0.3 is 6.61 Å². The van der Waals surface area contributed by atoms with Crippen LogP contribution in [0.25, 0.3) is 0 Å². The largest absolute Gasteiger partial charge is 0.435 e. The van der Waals surface area contributed by atoms with Gasteiger partial charge in [-0.15, -0.1) is 0 Å². The van der Waals surface area contributed by atoms with Crippen molar-refractivity contribution in [3.05, 3.63) is 101 Å². The minimum atomic E-state index is -3.12. The summed E-state index contributed by atoms with van der Waals surface area (Å²) < 4.78 is 56.7. The van der Waals surface area contributed by atoms with Gasteiger partial charge in [-0.3, -0.25) is 10.3 Å². The molecule has 0 aliphatic heterocycles. The Hall–Kier alpha value is -3.17. The molecule has 0 bridgehead atoms. The van der Waals surface area contributed by atoms with Gasteiger partial charge in [0.2, 0.25) is 6.43 Å². The van der Waals surface area contributed by atoms with E-state index in [1.165, 1.54) is 18.3 Å². The van der Waals surface area contributed by atoms with E-state index in [2.05, 4.69) is 31.9 Å². The van der Waals surface area contributed by atoms with Gasteiger partial charge in [-0.05, 0) is 30.0 Å². The van der Waals surface area contributed by atoms with Gasteiger partial charge in [0, 0.05) is 30.8 Å². The Labute approximate surface area is 212 Å². The van der Waals surface area contributed by atoms with Crippen LogP contribution in [0.2, 0.25) is 5.15 Å². The second kappa shape index (κ2) is 13.2. The van der Waals surface area contributed by atoms with E-state index in [4.69, 9.17) is 11.6 Å². The second-order valence-electron chi connectivity index (χ2n) is 8.05. The Bertz CT molecular complexity index is 1120. The summed E-state index contributed by atoms with van der Waals surface area (Å²) in [6.45, 7) is 0.996. The van der Waals surface area contributed by atoms with Gasteiger partial charge in [-0.2, -0.15) is 8.78 Å². The van der Waals surface area contributed by atoms with E-state index in [-0.39, 0.29) is 28.5 Å². The molecule has 1 aromatic heterocycles. The van der Waals surface area contributed by atoms with Crippen LogP contribution in [0.1, 0.15) is 40.9 Å². The number of hydrogen-bond donors (Lipinski definition) is 2. The number of halogens is 5. The summed E-state index contributed by atoms with van der Waals surface area (Å²) in [4.78, 5) is 8.33. The highest BCUT2D eigenvalue weighted by Crippen LogP contribution is 2.31. The van der Waals surface area contributed by atoms with Gasteiger partial charge in [0.1, 0.15) is 10.9 Å². The molecule has 0 saturated heterocycles. The van der Waals surface area contributed by atoms with Gasteiger partial charge in [0.15, 0.2) is 0 Å². The molecule has 0 radical (unpaired) electrons. The minimum absolute atomic E-state index is 0.00425. The van der Waals surface area contributed by atoms with Gasteiger partial charge < -0.3 is 10.1 Å². The van der Waals surface area contributed by atoms with E-state index < -0.39 is 19.5 Å². The maximum Gasteiger partial charge on any atom is 0.387 e. The highest BCUT2D eigenvalue weighted by atomic mass is 35.5. The van der Waals surface area contributed by atoms with Crippen molar-refractivity contribution in [2.24, 2.45) is 0 Å². The van der Waals surface area contributed by atoms with Gasteiger partial charge in [0.25, 0.3) is 0 Å². The Morgan fingerprint density at radius 3 is 2.39 bits per heavy atom. The normalized spacial score (nSPS) is 13.0. The molecule has 10 heteroatoms. The number of aromatic nitrogens is 2. The predicted octanol–water partition coefficient (Wildman–Crippen LogP) is 6.28. The highest BCUT2D eigenvalue weighted by Gasteiger charge is 2.23. The second-order valence-corrected chi connectivity index (χ2v) is 8.44. The van der Waals surface area contributed by atoms with Gasteiger partial charge in [-0.25, -0.2) is 13.8 Å². The van der Waals surface area contributed by atoms with Crippen molar-refractivity contribution in [3.63, 3.8) is 0 Å². The smallest absolute Gasteiger partial charge is 0.387 e. The molecule has 2 atom stereocenters. The van der Waals surface area contributed by atoms with Crippen molar-refractivity contribution in [2.45, 2.75) is 44.4 Å².